The van der Waals surface area contributed by atoms with Crippen LogP contribution in [0.5, 0.6) is 5.75 Å². The van der Waals surface area contributed by atoms with Crippen molar-refractivity contribution < 1.29 is 14.5 Å². The zero-order valence-electron chi connectivity index (χ0n) is 17.2. The maximum atomic E-state index is 12.0. The molecule has 0 unspecified atom stereocenters. The molecule has 0 aromatic heterocycles. The Morgan fingerprint density at radius 2 is 1.93 bits per heavy atom. The number of carbonyl (C=O) groups is 1. The molecule has 1 aliphatic rings. The van der Waals surface area contributed by atoms with Crippen LogP contribution < -0.4 is 20.3 Å². The predicted molar refractivity (Wildman–Crippen MR) is 117 cm³/mol. The van der Waals surface area contributed by atoms with Gasteiger partial charge in [0, 0.05) is 48.7 Å². The molecule has 2 amide bonds. The van der Waals surface area contributed by atoms with Gasteiger partial charge in [0.1, 0.15) is 5.75 Å². The SMILES string of the molecule is Cc1c(OCCCNC(=O)Nc2cccc([N+](=O)[O-])c2)cccc1N1CCCCC1. The molecule has 3 rings (SSSR count). The first-order chi connectivity index (χ1) is 14.5. The van der Waals surface area contributed by atoms with Gasteiger partial charge in [-0.15, -0.1) is 0 Å². The molecule has 160 valence electrons. The molecule has 0 saturated carbocycles. The van der Waals surface area contributed by atoms with Gasteiger partial charge in [-0.25, -0.2) is 4.79 Å². The number of non-ortho nitro benzene ring substituents is 1. The molecule has 1 fully saturated rings. The fourth-order valence-corrected chi connectivity index (χ4v) is 3.57. The van der Waals surface area contributed by atoms with Crippen LogP contribution in [0.4, 0.5) is 21.9 Å². The summed E-state index contributed by atoms with van der Waals surface area (Å²) in [5.41, 5.74) is 2.70. The maximum Gasteiger partial charge on any atom is 0.319 e. The number of nitrogens with zero attached hydrogens (tertiary/aromatic N) is 2. The average Bonchev–Trinajstić information content (AvgIpc) is 2.75. The first-order valence-electron chi connectivity index (χ1n) is 10.3. The molecule has 1 saturated heterocycles. The third-order valence-electron chi connectivity index (χ3n) is 5.13. The van der Waals surface area contributed by atoms with Crippen molar-refractivity contribution in [2.45, 2.75) is 32.6 Å². The minimum atomic E-state index is -0.497. The van der Waals surface area contributed by atoms with Crippen molar-refractivity contribution in [2.75, 3.05) is 36.5 Å². The monoisotopic (exact) mass is 412 g/mol. The normalized spacial score (nSPS) is 13.6. The van der Waals surface area contributed by atoms with Gasteiger partial charge in [0.2, 0.25) is 0 Å². The van der Waals surface area contributed by atoms with Crippen LogP contribution in [0.1, 0.15) is 31.2 Å². The van der Waals surface area contributed by atoms with Crippen LogP contribution in [-0.2, 0) is 0 Å². The standard InChI is InChI=1S/C22H28N4O4/c1-17-20(25-13-3-2-4-14-25)10-6-11-21(17)30-15-7-12-23-22(27)24-18-8-5-9-19(16-18)26(28)29/h5-6,8-11,16H,2-4,7,12-15H2,1H3,(H2,23,24,27). The molecule has 2 aromatic rings. The van der Waals surface area contributed by atoms with E-state index in [0.29, 0.717) is 25.3 Å². The Labute approximate surface area is 176 Å². The molecule has 0 atom stereocenters. The summed E-state index contributed by atoms with van der Waals surface area (Å²) in [6, 6.07) is 11.6. The number of nitro groups is 1. The van der Waals surface area contributed by atoms with Gasteiger partial charge in [0.15, 0.2) is 0 Å². The molecule has 2 aromatic carbocycles. The third kappa shape index (κ3) is 5.85. The molecule has 1 heterocycles. The Balaban J connectivity index is 1.41. The highest BCUT2D eigenvalue weighted by molar-refractivity contribution is 5.89. The second-order valence-electron chi connectivity index (χ2n) is 7.34. The summed E-state index contributed by atoms with van der Waals surface area (Å²) in [6.07, 6.45) is 4.41. The van der Waals surface area contributed by atoms with Crippen LogP contribution in [0.25, 0.3) is 0 Å². The number of hydrogen-bond donors (Lipinski definition) is 2. The Kier molecular flexibility index (Phi) is 7.48. The Morgan fingerprint density at radius 3 is 2.70 bits per heavy atom. The van der Waals surface area contributed by atoms with E-state index >= 15 is 0 Å². The van der Waals surface area contributed by atoms with Crippen molar-refractivity contribution in [3.63, 3.8) is 0 Å². The van der Waals surface area contributed by atoms with Crippen LogP contribution in [0, 0.1) is 17.0 Å². The van der Waals surface area contributed by atoms with E-state index in [1.165, 1.54) is 43.1 Å². The van der Waals surface area contributed by atoms with Crippen LogP contribution in [0.3, 0.4) is 0 Å². The van der Waals surface area contributed by atoms with E-state index in [1.54, 1.807) is 6.07 Å². The lowest BCUT2D eigenvalue weighted by Crippen LogP contribution is -2.30. The Hall–Kier alpha value is -3.29. The highest BCUT2D eigenvalue weighted by atomic mass is 16.6. The fourth-order valence-electron chi connectivity index (χ4n) is 3.57. The molecule has 30 heavy (non-hydrogen) atoms. The summed E-state index contributed by atoms with van der Waals surface area (Å²) < 4.78 is 5.94. The van der Waals surface area contributed by atoms with Gasteiger partial charge in [0.25, 0.3) is 5.69 Å². The molecular weight excluding hydrogens is 384 g/mol. The van der Waals surface area contributed by atoms with Gasteiger partial charge >= 0.3 is 6.03 Å². The molecule has 0 aliphatic carbocycles. The number of carbonyl (C=O) groups excluding carboxylic acids is 1. The predicted octanol–water partition coefficient (Wildman–Crippen LogP) is 4.48. The molecule has 0 spiro atoms. The Morgan fingerprint density at radius 1 is 1.17 bits per heavy atom. The first kappa shape index (κ1) is 21.4. The highest BCUT2D eigenvalue weighted by Crippen LogP contribution is 2.30. The quantitative estimate of drug-likeness (QED) is 0.378. The number of hydrogen-bond acceptors (Lipinski definition) is 5. The van der Waals surface area contributed by atoms with E-state index in [1.807, 2.05) is 12.1 Å². The largest absolute Gasteiger partial charge is 0.493 e. The van der Waals surface area contributed by atoms with Gasteiger partial charge in [0.05, 0.1) is 11.5 Å². The van der Waals surface area contributed by atoms with E-state index in [0.717, 1.165) is 24.4 Å². The van der Waals surface area contributed by atoms with Crippen molar-refractivity contribution in [3.05, 3.63) is 58.1 Å². The zero-order chi connectivity index (χ0) is 21.3. The smallest absolute Gasteiger partial charge is 0.319 e. The molecule has 0 bridgehead atoms. The number of anilines is 2. The summed E-state index contributed by atoms with van der Waals surface area (Å²) in [5, 5.41) is 16.1. The summed E-state index contributed by atoms with van der Waals surface area (Å²) in [5.74, 6) is 0.874. The van der Waals surface area contributed by atoms with E-state index in [2.05, 4.69) is 28.5 Å². The van der Waals surface area contributed by atoms with Crippen molar-refractivity contribution >= 4 is 23.1 Å². The van der Waals surface area contributed by atoms with Crippen LogP contribution >= 0.6 is 0 Å². The first-order valence-corrected chi connectivity index (χ1v) is 10.3. The molecule has 8 nitrogen and oxygen atoms in total. The maximum absolute atomic E-state index is 12.0. The third-order valence-corrected chi connectivity index (χ3v) is 5.13. The molecular formula is C22H28N4O4. The fraction of sp³-hybridized carbons (Fsp3) is 0.409. The second-order valence-corrected chi connectivity index (χ2v) is 7.34. The summed E-state index contributed by atoms with van der Waals surface area (Å²) in [7, 11) is 0. The Bertz CT molecular complexity index is 881. The lowest BCUT2D eigenvalue weighted by atomic mass is 10.1. The molecule has 8 heteroatoms. The van der Waals surface area contributed by atoms with Crippen LogP contribution in [0.2, 0.25) is 0 Å². The number of benzene rings is 2. The summed E-state index contributed by atoms with van der Waals surface area (Å²) >= 11 is 0. The van der Waals surface area contributed by atoms with E-state index < -0.39 is 11.0 Å². The molecule has 2 N–H and O–H groups in total. The lowest BCUT2D eigenvalue weighted by molar-refractivity contribution is -0.384. The van der Waals surface area contributed by atoms with Gasteiger partial charge in [-0.05, 0) is 50.8 Å². The van der Waals surface area contributed by atoms with E-state index in [4.69, 9.17) is 4.74 Å². The number of nitrogens with one attached hydrogen (secondary N) is 2. The van der Waals surface area contributed by atoms with Gasteiger partial charge in [-0.1, -0.05) is 12.1 Å². The number of piperidine rings is 1. The summed E-state index contributed by atoms with van der Waals surface area (Å²) in [6.45, 7) is 5.19. The number of ether oxygens (including phenoxy) is 1. The van der Waals surface area contributed by atoms with Crippen molar-refractivity contribution in [3.8, 4) is 5.75 Å². The lowest BCUT2D eigenvalue weighted by Gasteiger charge is -2.30. The average molecular weight is 412 g/mol. The molecule has 1 aliphatic heterocycles. The molecule has 0 radical (unpaired) electrons. The van der Waals surface area contributed by atoms with Gasteiger partial charge in [-0.3, -0.25) is 10.1 Å². The highest BCUT2D eigenvalue weighted by Gasteiger charge is 2.15. The zero-order valence-corrected chi connectivity index (χ0v) is 17.2. The van der Waals surface area contributed by atoms with Crippen molar-refractivity contribution in [2.24, 2.45) is 0 Å². The van der Waals surface area contributed by atoms with Crippen LogP contribution in [-0.4, -0.2) is 37.2 Å². The number of amides is 2. The van der Waals surface area contributed by atoms with Crippen molar-refractivity contribution in [1.29, 1.82) is 0 Å². The van der Waals surface area contributed by atoms with Gasteiger partial charge < -0.3 is 20.3 Å². The topological polar surface area (TPSA) is 96.7 Å². The number of urea groups is 1. The minimum absolute atomic E-state index is 0.0663. The van der Waals surface area contributed by atoms with Crippen molar-refractivity contribution in [1.82, 2.24) is 5.32 Å². The second kappa shape index (κ2) is 10.5. The number of nitro benzene ring substituents is 1. The minimum Gasteiger partial charge on any atom is -0.493 e. The number of rotatable bonds is 8. The van der Waals surface area contributed by atoms with E-state index in [-0.39, 0.29) is 5.69 Å². The van der Waals surface area contributed by atoms with Crippen LogP contribution in [0.15, 0.2) is 42.5 Å². The van der Waals surface area contributed by atoms with E-state index in [9.17, 15) is 14.9 Å². The van der Waals surface area contributed by atoms with Gasteiger partial charge in [-0.2, -0.15) is 0 Å². The summed E-state index contributed by atoms with van der Waals surface area (Å²) in [4.78, 5) is 24.7.